The third kappa shape index (κ3) is 4.83. The second-order valence-electron chi connectivity index (χ2n) is 8.67. The van der Waals surface area contributed by atoms with Crippen molar-refractivity contribution in [3.63, 3.8) is 0 Å². The minimum atomic E-state index is -0.976. The Kier molecular flexibility index (Phi) is 6.75. The number of aromatic nitrogens is 2. The molecule has 184 valence electrons. The number of nitrogens with one attached hydrogen (secondary N) is 2. The van der Waals surface area contributed by atoms with Crippen LogP contribution in [0.15, 0.2) is 40.2 Å². The largest absolute Gasteiger partial charge is 0.388 e. The Bertz CT molecular complexity index is 1380. The molecule has 35 heavy (non-hydrogen) atoms. The summed E-state index contributed by atoms with van der Waals surface area (Å²) < 4.78 is 1.45. The molecule has 1 fully saturated rings. The van der Waals surface area contributed by atoms with Crippen LogP contribution in [0.25, 0.3) is 5.69 Å². The van der Waals surface area contributed by atoms with E-state index < -0.39 is 18.1 Å². The Labute approximate surface area is 205 Å². The van der Waals surface area contributed by atoms with Crippen molar-refractivity contribution in [2.24, 2.45) is 5.10 Å². The fourth-order valence-corrected chi connectivity index (χ4v) is 4.79. The standard InChI is InChI=1S/C24H27N5O5S/c1-12-5-6-16(9-13(12)2)29-24(34)21(15(4)27-29)14(3)25-26-22(32)19-7-8-20(35-19)23(33)28-10-17(30)18(31)11-28/h5-9,17-18,27,30-31H,10-11H2,1-4H3,(H,26,32)/b25-14+. The van der Waals surface area contributed by atoms with Crippen molar-refractivity contribution < 1.29 is 19.8 Å². The number of aromatic amines is 1. The van der Waals surface area contributed by atoms with Crippen molar-refractivity contribution >= 4 is 28.9 Å². The van der Waals surface area contributed by atoms with Crippen molar-refractivity contribution in [2.75, 3.05) is 13.1 Å². The average molecular weight is 498 g/mol. The normalized spacial score (nSPS) is 18.2. The van der Waals surface area contributed by atoms with Crippen molar-refractivity contribution in [1.82, 2.24) is 20.1 Å². The zero-order chi connectivity index (χ0) is 25.4. The lowest BCUT2D eigenvalue weighted by atomic mass is 10.1. The van der Waals surface area contributed by atoms with Crippen LogP contribution < -0.4 is 11.0 Å². The summed E-state index contributed by atoms with van der Waals surface area (Å²) in [7, 11) is 0. The number of aryl methyl sites for hydroxylation is 3. The lowest BCUT2D eigenvalue weighted by Gasteiger charge is -2.13. The summed E-state index contributed by atoms with van der Waals surface area (Å²) in [5, 5.41) is 26.5. The van der Waals surface area contributed by atoms with Crippen LogP contribution in [-0.4, -0.2) is 67.7 Å². The van der Waals surface area contributed by atoms with Gasteiger partial charge in [0, 0.05) is 18.8 Å². The quantitative estimate of drug-likeness (QED) is 0.312. The van der Waals surface area contributed by atoms with Crippen LogP contribution in [0.1, 0.15) is 48.7 Å². The topological polar surface area (TPSA) is 140 Å². The number of rotatable bonds is 5. The van der Waals surface area contributed by atoms with Crippen LogP contribution in [-0.2, 0) is 0 Å². The number of carbonyl (C=O) groups excluding carboxylic acids is 2. The fourth-order valence-electron chi connectivity index (χ4n) is 3.93. The van der Waals surface area contributed by atoms with Gasteiger partial charge in [-0.2, -0.15) is 5.10 Å². The van der Waals surface area contributed by atoms with Gasteiger partial charge in [0.05, 0.1) is 38.9 Å². The predicted octanol–water partition coefficient (Wildman–Crippen LogP) is 1.48. The Hall–Kier alpha value is -3.54. The Morgan fingerprint density at radius 3 is 2.37 bits per heavy atom. The first-order valence-electron chi connectivity index (χ1n) is 11.1. The van der Waals surface area contributed by atoms with Crippen molar-refractivity contribution in [3.05, 3.63) is 72.8 Å². The molecule has 1 aromatic carbocycles. The maximum absolute atomic E-state index is 13.1. The highest BCUT2D eigenvalue weighted by Crippen LogP contribution is 2.21. The van der Waals surface area contributed by atoms with Gasteiger partial charge in [0.1, 0.15) is 0 Å². The monoisotopic (exact) mass is 497 g/mol. The third-order valence-electron chi connectivity index (χ3n) is 6.09. The van der Waals surface area contributed by atoms with Gasteiger partial charge in [0.25, 0.3) is 17.4 Å². The number of hydrogen-bond donors (Lipinski definition) is 4. The number of H-pyrrole nitrogens is 1. The highest BCUT2D eigenvalue weighted by molar-refractivity contribution is 7.15. The zero-order valence-corrected chi connectivity index (χ0v) is 20.6. The number of β-amino-alcohol motifs (C(OH)–C–C–N with tert-alkyl or cyclic N) is 2. The lowest BCUT2D eigenvalue weighted by Crippen LogP contribution is -2.29. The van der Waals surface area contributed by atoms with Gasteiger partial charge in [0.15, 0.2) is 0 Å². The van der Waals surface area contributed by atoms with Crippen LogP contribution in [0.3, 0.4) is 0 Å². The molecule has 0 bridgehead atoms. The maximum atomic E-state index is 13.1. The molecule has 3 heterocycles. The van der Waals surface area contributed by atoms with Crippen LogP contribution in [0.5, 0.6) is 0 Å². The van der Waals surface area contributed by atoms with E-state index in [4.69, 9.17) is 0 Å². The van der Waals surface area contributed by atoms with E-state index in [2.05, 4.69) is 15.6 Å². The number of carbonyl (C=O) groups is 2. The molecule has 1 saturated heterocycles. The van der Waals surface area contributed by atoms with E-state index >= 15 is 0 Å². The summed E-state index contributed by atoms with van der Waals surface area (Å²) in [5.41, 5.74) is 6.37. The number of thiophene rings is 1. The van der Waals surface area contributed by atoms with Crippen molar-refractivity contribution in [1.29, 1.82) is 0 Å². The Morgan fingerprint density at radius 2 is 1.71 bits per heavy atom. The molecule has 0 radical (unpaired) electrons. The zero-order valence-electron chi connectivity index (χ0n) is 19.8. The minimum absolute atomic E-state index is 0.0403. The SMILES string of the molecule is C/C(=N\NC(=O)c1ccc(C(=O)N2CC(O)C(O)C2)s1)c1c(C)[nH]n(-c2ccc(C)c(C)c2)c1=O. The molecule has 11 heteroatoms. The van der Waals surface area contributed by atoms with Crippen LogP contribution in [0.2, 0.25) is 0 Å². The Morgan fingerprint density at radius 1 is 1.06 bits per heavy atom. The molecule has 4 rings (SSSR count). The summed E-state index contributed by atoms with van der Waals surface area (Å²) in [5.74, 6) is -0.878. The van der Waals surface area contributed by atoms with E-state index in [1.165, 1.54) is 21.7 Å². The van der Waals surface area contributed by atoms with E-state index in [0.29, 0.717) is 27.5 Å². The minimum Gasteiger partial charge on any atom is -0.388 e. The van der Waals surface area contributed by atoms with Gasteiger partial charge in [-0.3, -0.25) is 19.5 Å². The van der Waals surface area contributed by atoms with E-state index in [-0.39, 0.29) is 29.4 Å². The van der Waals surface area contributed by atoms with Gasteiger partial charge in [-0.15, -0.1) is 11.3 Å². The van der Waals surface area contributed by atoms with Crippen LogP contribution in [0.4, 0.5) is 0 Å². The molecule has 1 aliphatic rings. The smallest absolute Gasteiger partial charge is 0.281 e. The molecule has 4 N–H and O–H groups in total. The lowest BCUT2D eigenvalue weighted by molar-refractivity contribution is 0.0572. The van der Waals surface area contributed by atoms with Gasteiger partial charge >= 0.3 is 0 Å². The van der Waals surface area contributed by atoms with E-state index in [1.54, 1.807) is 13.8 Å². The number of nitrogens with zero attached hydrogens (tertiary/aromatic N) is 3. The molecule has 2 aromatic heterocycles. The van der Waals surface area contributed by atoms with Crippen molar-refractivity contribution in [3.8, 4) is 5.69 Å². The fraction of sp³-hybridized carbons (Fsp3) is 0.333. The van der Waals surface area contributed by atoms with Gasteiger partial charge < -0.3 is 15.1 Å². The van der Waals surface area contributed by atoms with Gasteiger partial charge in [-0.25, -0.2) is 10.1 Å². The average Bonchev–Trinajstić information content (AvgIpc) is 3.51. The maximum Gasteiger partial charge on any atom is 0.281 e. The summed E-state index contributed by atoms with van der Waals surface area (Å²) in [4.78, 5) is 40.2. The predicted molar refractivity (Wildman–Crippen MR) is 133 cm³/mol. The number of amides is 2. The molecule has 2 amide bonds. The highest BCUT2D eigenvalue weighted by Gasteiger charge is 2.33. The number of aliphatic hydroxyl groups excluding tert-OH is 2. The number of likely N-dealkylation sites (tertiary alicyclic amines) is 1. The second-order valence-corrected chi connectivity index (χ2v) is 9.75. The second kappa shape index (κ2) is 9.61. The van der Waals surface area contributed by atoms with Gasteiger partial charge in [-0.1, -0.05) is 6.07 Å². The molecule has 0 spiro atoms. The van der Waals surface area contributed by atoms with E-state index in [0.717, 1.165) is 22.5 Å². The Balaban J connectivity index is 1.49. The molecular formula is C24H27N5O5S. The van der Waals surface area contributed by atoms with Crippen LogP contribution >= 0.6 is 11.3 Å². The van der Waals surface area contributed by atoms with E-state index in [1.807, 2.05) is 32.0 Å². The molecule has 2 unspecified atom stereocenters. The van der Waals surface area contributed by atoms with Gasteiger partial charge in [-0.05, 0) is 63.1 Å². The van der Waals surface area contributed by atoms with E-state index in [9.17, 15) is 24.6 Å². The first-order chi connectivity index (χ1) is 16.6. The van der Waals surface area contributed by atoms with Gasteiger partial charge in [0.2, 0.25) is 0 Å². The molecule has 10 nitrogen and oxygen atoms in total. The summed E-state index contributed by atoms with van der Waals surface area (Å²) in [6.45, 7) is 7.45. The number of hydrazone groups is 1. The number of benzene rings is 1. The molecular weight excluding hydrogens is 470 g/mol. The molecule has 0 saturated carbocycles. The molecule has 2 atom stereocenters. The third-order valence-corrected chi connectivity index (χ3v) is 7.17. The summed E-state index contributed by atoms with van der Waals surface area (Å²) >= 11 is 0.988. The van der Waals surface area contributed by atoms with Crippen LogP contribution in [0, 0.1) is 20.8 Å². The molecule has 1 aliphatic heterocycles. The molecule has 3 aromatic rings. The summed E-state index contributed by atoms with van der Waals surface area (Å²) in [6.07, 6.45) is -1.95. The summed E-state index contributed by atoms with van der Waals surface area (Å²) in [6, 6.07) is 8.76. The van der Waals surface area contributed by atoms with Crippen molar-refractivity contribution in [2.45, 2.75) is 39.9 Å². The first kappa shape index (κ1) is 24.6. The molecule has 0 aliphatic carbocycles. The number of hydrogen-bond acceptors (Lipinski definition) is 7. The highest BCUT2D eigenvalue weighted by atomic mass is 32.1. The number of aliphatic hydroxyl groups is 2. The first-order valence-corrected chi connectivity index (χ1v) is 11.9.